The molecular weight excluding hydrogens is 124 g/mol. The van der Waals surface area contributed by atoms with Crippen LogP contribution in [0.5, 0.6) is 0 Å². The number of nitrogens with two attached hydrogens (primary N) is 1. The highest BCUT2D eigenvalue weighted by atomic mass is 14.8. The summed E-state index contributed by atoms with van der Waals surface area (Å²) in [5, 5.41) is 2.86. The maximum atomic E-state index is 5.43. The second-order valence-corrected chi connectivity index (χ2v) is 2.15. The Labute approximate surface area is 62.1 Å². The molecule has 0 radical (unpaired) electrons. The van der Waals surface area contributed by atoms with E-state index in [4.69, 9.17) is 5.73 Å². The van der Waals surface area contributed by atoms with Crippen LogP contribution in [0.1, 0.15) is 13.8 Å². The van der Waals surface area contributed by atoms with E-state index in [2.05, 4.69) is 11.9 Å². The summed E-state index contributed by atoms with van der Waals surface area (Å²) in [6, 6.07) is 0. The number of nitrogens with one attached hydrogen (secondary N) is 1. The first-order chi connectivity index (χ1) is 4.66. The third kappa shape index (κ3) is 4.97. The van der Waals surface area contributed by atoms with Gasteiger partial charge in [-0.25, -0.2) is 0 Å². The maximum absolute atomic E-state index is 5.43. The third-order valence-electron chi connectivity index (χ3n) is 0.884. The predicted octanol–water partition coefficient (Wildman–Crippen LogP) is 1.49. The minimum Gasteiger partial charge on any atom is -0.402 e. The Kier molecular flexibility index (Phi) is 4.12. The van der Waals surface area contributed by atoms with Gasteiger partial charge in [0.05, 0.1) is 0 Å². The molecule has 2 heteroatoms. The van der Waals surface area contributed by atoms with Gasteiger partial charge in [0.2, 0.25) is 0 Å². The van der Waals surface area contributed by atoms with Crippen LogP contribution in [0, 0.1) is 0 Å². The first kappa shape index (κ1) is 8.82. The van der Waals surface area contributed by atoms with Crippen LogP contribution in [0.2, 0.25) is 0 Å². The Morgan fingerprint density at radius 3 is 2.50 bits per heavy atom. The normalized spacial score (nSPS) is 13.0. The van der Waals surface area contributed by atoms with Gasteiger partial charge in [-0.05, 0) is 31.7 Å². The minimum atomic E-state index is 0.805. The van der Waals surface area contributed by atoms with Gasteiger partial charge in [-0.15, -0.1) is 0 Å². The molecule has 0 heterocycles. The Hall–Kier alpha value is -1.18. The van der Waals surface area contributed by atoms with E-state index in [1.807, 2.05) is 26.1 Å². The summed E-state index contributed by atoms with van der Waals surface area (Å²) in [5.41, 5.74) is 7.32. The lowest BCUT2D eigenvalue weighted by Crippen LogP contribution is -1.94. The zero-order valence-electron chi connectivity index (χ0n) is 6.52. The van der Waals surface area contributed by atoms with Crippen molar-refractivity contribution in [1.29, 1.82) is 0 Å². The molecular formula is C8H14N2. The molecule has 0 unspecified atom stereocenters. The van der Waals surface area contributed by atoms with E-state index in [1.54, 1.807) is 6.20 Å². The molecule has 0 spiro atoms. The van der Waals surface area contributed by atoms with Crippen molar-refractivity contribution >= 4 is 0 Å². The summed E-state index contributed by atoms with van der Waals surface area (Å²) < 4.78 is 0. The molecule has 0 fully saturated rings. The fraction of sp³-hybridized carbons (Fsp3) is 0.250. The number of hydrogen-bond donors (Lipinski definition) is 2. The molecule has 0 aliphatic rings. The zero-order valence-corrected chi connectivity index (χ0v) is 6.52. The van der Waals surface area contributed by atoms with E-state index in [0.29, 0.717) is 0 Å². The Morgan fingerprint density at radius 1 is 1.50 bits per heavy atom. The lowest BCUT2D eigenvalue weighted by atomic mass is 10.3. The summed E-state index contributed by atoms with van der Waals surface area (Å²) in [6.07, 6.45) is 5.34. The topological polar surface area (TPSA) is 38.0 Å². The van der Waals surface area contributed by atoms with Crippen molar-refractivity contribution < 1.29 is 0 Å². The molecule has 0 aliphatic heterocycles. The second-order valence-electron chi connectivity index (χ2n) is 2.15. The van der Waals surface area contributed by atoms with E-state index in [-0.39, 0.29) is 0 Å². The molecule has 0 aromatic carbocycles. The smallest absolute Gasteiger partial charge is 0.00520 e. The zero-order chi connectivity index (χ0) is 7.98. The van der Waals surface area contributed by atoms with Gasteiger partial charge in [-0.1, -0.05) is 6.58 Å². The molecule has 0 amide bonds. The molecule has 0 rings (SSSR count). The molecule has 0 aliphatic carbocycles. The summed E-state index contributed by atoms with van der Waals surface area (Å²) >= 11 is 0. The van der Waals surface area contributed by atoms with Gasteiger partial charge in [0.1, 0.15) is 0 Å². The van der Waals surface area contributed by atoms with E-state index in [9.17, 15) is 0 Å². The maximum Gasteiger partial charge on any atom is 0.00520 e. The van der Waals surface area contributed by atoms with Crippen molar-refractivity contribution in [3.63, 3.8) is 0 Å². The summed E-state index contributed by atoms with van der Waals surface area (Å²) in [6.45, 7) is 7.32. The molecule has 0 aromatic rings. The van der Waals surface area contributed by atoms with Crippen LogP contribution in [0.4, 0.5) is 0 Å². The van der Waals surface area contributed by atoms with Crippen LogP contribution < -0.4 is 11.1 Å². The standard InChI is InChI=1S/C8H14N2/c1-4-10-6-7(2)5-8(3)9/h4-6,10H,1,9H2,2-3H3/b7-6?,8-5-. The third-order valence-corrected chi connectivity index (χ3v) is 0.884. The van der Waals surface area contributed by atoms with E-state index >= 15 is 0 Å². The van der Waals surface area contributed by atoms with Crippen LogP contribution >= 0.6 is 0 Å². The van der Waals surface area contributed by atoms with Crippen molar-refractivity contribution in [2.24, 2.45) is 5.73 Å². The fourth-order valence-corrected chi connectivity index (χ4v) is 0.591. The molecule has 0 aromatic heterocycles. The molecule has 0 saturated heterocycles. The summed E-state index contributed by atoms with van der Waals surface area (Å²) in [5.74, 6) is 0. The van der Waals surface area contributed by atoms with Gasteiger partial charge in [0.25, 0.3) is 0 Å². The number of hydrogen-bond acceptors (Lipinski definition) is 2. The van der Waals surface area contributed by atoms with E-state index in [1.165, 1.54) is 0 Å². The summed E-state index contributed by atoms with van der Waals surface area (Å²) in [7, 11) is 0. The van der Waals surface area contributed by atoms with Crippen LogP contribution in [-0.2, 0) is 0 Å². The first-order valence-corrected chi connectivity index (χ1v) is 3.14. The number of allylic oxidation sites excluding steroid dienone is 3. The van der Waals surface area contributed by atoms with E-state index < -0.39 is 0 Å². The highest BCUT2D eigenvalue weighted by molar-refractivity contribution is 5.18. The van der Waals surface area contributed by atoms with Crippen LogP contribution in [-0.4, -0.2) is 0 Å². The van der Waals surface area contributed by atoms with Crippen molar-refractivity contribution in [3.8, 4) is 0 Å². The predicted molar refractivity (Wildman–Crippen MR) is 45.0 cm³/mol. The largest absolute Gasteiger partial charge is 0.402 e. The van der Waals surface area contributed by atoms with Crippen molar-refractivity contribution in [1.82, 2.24) is 5.32 Å². The van der Waals surface area contributed by atoms with Gasteiger partial charge in [-0.3, -0.25) is 0 Å². The highest BCUT2D eigenvalue weighted by Crippen LogP contribution is 1.94. The number of rotatable bonds is 3. The fourth-order valence-electron chi connectivity index (χ4n) is 0.591. The van der Waals surface area contributed by atoms with Gasteiger partial charge in [-0.2, -0.15) is 0 Å². The Balaban J connectivity index is 3.94. The molecule has 0 saturated carbocycles. The molecule has 2 nitrogen and oxygen atoms in total. The summed E-state index contributed by atoms with van der Waals surface area (Å²) in [4.78, 5) is 0. The van der Waals surface area contributed by atoms with Gasteiger partial charge in [0.15, 0.2) is 0 Å². The van der Waals surface area contributed by atoms with Crippen LogP contribution in [0.3, 0.4) is 0 Å². The lowest BCUT2D eigenvalue weighted by Gasteiger charge is -1.93. The van der Waals surface area contributed by atoms with Gasteiger partial charge in [0, 0.05) is 11.9 Å². The van der Waals surface area contributed by atoms with Crippen LogP contribution in [0.25, 0.3) is 0 Å². The minimum absolute atomic E-state index is 0.805. The Bertz CT molecular complexity index is 162. The SMILES string of the molecule is C=CNC=C(C)/C=C(/C)N. The lowest BCUT2D eigenvalue weighted by molar-refractivity contribution is 1.16. The average molecular weight is 138 g/mol. The highest BCUT2D eigenvalue weighted by Gasteiger charge is 1.80. The molecule has 0 bridgehead atoms. The van der Waals surface area contributed by atoms with Crippen molar-refractivity contribution in [2.75, 3.05) is 0 Å². The van der Waals surface area contributed by atoms with Crippen LogP contribution in [0.15, 0.2) is 36.3 Å². The molecule has 3 N–H and O–H groups in total. The van der Waals surface area contributed by atoms with Crippen molar-refractivity contribution in [3.05, 3.63) is 36.3 Å². The monoisotopic (exact) mass is 138 g/mol. The van der Waals surface area contributed by atoms with Crippen molar-refractivity contribution in [2.45, 2.75) is 13.8 Å². The molecule has 56 valence electrons. The molecule has 0 atom stereocenters. The molecule has 10 heavy (non-hydrogen) atoms. The van der Waals surface area contributed by atoms with Gasteiger partial charge < -0.3 is 11.1 Å². The Morgan fingerprint density at radius 2 is 2.10 bits per heavy atom. The first-order valence-electron chi connectivity index (χ1n) is 3.14. The second kappa shape index (κ2) is 4.68. The van der Waals surface area contributed by atoms with Gasteiger partial charge >= 0.3 is 0 Å². The van der Waals surface area contributed by atoms with E-state index in [0.717, 1.165) is 11.3 Å². The quantitative estimate of drug-likeness (QED) is 0.580. The average Bonchev–Trinajstić information content (AvgIpc) is 1.82.